The Morgan fingerprint density at radius 3 is 2.41 bits per heavy atom. The molecule has 0 bridgehead atoms. The number of piperazine rings is 1. The quantitative estimate of drug-likeness (QED) is 0.875. The second kappa shape index (κ2) is 7.98. The van der Waals surface area contributed by atoms with Gasteiger partial charge in [0, 0.05) is 50.2 Å². The van der Waals surface area contributed by atoms with Gasteiger partial charge in [-0.15, -0.1) is 10.2 Å². The van der Waals surface area contributed by atoms with E-state index in [2.05, 4.69) is 24.9 Å². The van der Waals surface area contributed by atoms with Crippen LogP contribution in [0.5, 0.6) is 0 Å². The SMILES string of the molecule is OC1=C(CN2CCN(c3ccc(Cl)nn3)CC2)C=CN(c2ccccc2)C1. The summed E-state index contributed by atoms with van der Waals surface area (Å²) >= 11 is 5.81. The Kier molecular flexibility index (Phi) is 5.27. The van der Waals surface area contributed by atoms with E-state index in [1.807, 2.05) is 48.7 Å². The number of hydrogen-bond donors (Lipinski definition) is 1. The molecule has 0 aliphatic carbocycles. The van der Waals surface area contributed by atoms with Crippen molar-refractivity contribution in [2.45, 2.75) is 0 Å². The lowest BCUT2D eigenvalue weighted by atomic mass is 10.1. The fourth-order valence-corrected chi connectivity index (χ4v) is 3.49. The van der Waals surface area contributed by atoms with Crippen molar-refractivity contribution in [3.8, 4) is 0 Å². The Morgan fingerprint density at radius 1 is 0.963 bits per heavy atom. The smallest absolute Gasteiger partial charge is 0.151 e. The van der Waals surface area contributed by atoms with Gasteiger partial charge in [0.05, 0.1) is 6.54 Å². The molecule has 1 saturated heterocycles. The maximum absolute atomic E-state index is 10.5. The number of halogens is 1. The number of rotatable bonds is 4. The van der Waals surface area contributed by atoms with E-state index in [1.54, 1.807) is 6.07 Å². The summed E-state index contributed by atoms with van der Waals surface area (Å²) in [5.41, 5.74) is 2.07. The van der Waals surface area contributed by atoms with Gasteiger partial charge in [0.2, 0.25) is 0 Å². The van der Waals surface area contributed by atoms with Gasteiger partial charge in [0.25, 0.3) is 0 Å². The number of hydrogen-bond acceptors (Lipinski definition) is 6. The number of para-hydroxylation sites is 1. The van der Waals surface area contributed by atoms with Crippen LogP contribution < -0.4 is 9.80 Å². The Labute approximate surface area is 164 Å². The molecule has 0 spiro atoms. The number of aromatic nitrogens is 2. The highest BCUT2D eigenvalue weighted by Crippen LogP contribution is 2.22. The van der Waals surface area contributed by atoms with Crippen molar-refractivity contribution in [1.29, 1.82) is 0 Å². The molecule has 1 fully saturated rings. The van der Waals surface area contributed by atoms with Crippen LogP contribution in [-0.2, 0) is 0 Å². The first kappa shape index (κ1) is 17.8. The molecule has 2 aliphatic rings. The monoisotopic (exact) mass is 383 g/mol. The molecule has 0 unspecified atom stereocenters. The fraction of sp³-hybridized carbons (Fsp3) is 0.300. The molecule has 7 heteroatoms. The van der Waals surface area contributed by atoms with E-state index in [9.17, 15) is 5.11 Å². The minimum absolute atomic E-state index is 0.411. The summed E-state index contributed by atoms with van der Waals surface area (Å²) in [5.74, 6) is 1.30. The van der Waals surface area contributed by atoms with Crippen LogP contribution in [0.15, 0.2) is 66.1 Å². The standard InChI is InChI=1S/C20H22ClN5O/c21-19-6-7-20(23-22-19)25-12-10-24(11-13-25)14-16-8-9-26(15-18(16)27)17-4-2-1-3-5-17/h1-9,27H,10-15H2. The lowest BCUT2D eigenvalue weighted by molar-refractivity contribution is 0.272. The number of aliphatic hydroxyl groups excluding tert-OH is 1. The molecule has 1 N–H and O–H groups in total. The zero-order valence-corrected chi connectivity index (χ0v) is 15.8. The molecular formula is C20H22ClN5O. The summed E-state index contributed by atoms with van der Waals surface area (Å²) < 4.78 is 0. The molecular weight excluding hydrogens is 362 g/mol. The van der Waals surface area contributed by atoms with Crippen LogP contribution >= 0.6 is 11.6 Å². The van der Waals surface area contributed by atoms with E-state index in [4.69, 9.17) is 11.6 Å². The first-order valence-electron chi connectivity index (χ1n) is 9.06. The molecule has 6 nitrogen and oxygen atoms in total. The Hall–Kier alpha value is -2.57. The predicted molar refractivity (Wildman–Crippen MR) is 108 cm³/mol. The summed E-state index contributed by atoms with van der Waals surface area (Å²) in [5, 5.41) is 19.0. The molecule has 1 aromatic heterocycles. The summed E-state index contributed by atoms with van der Waals surface area (Å²) in [6, 6.07) is 13.8. The largest absolute Gasteiger partial charge is 0.510 e. The number of anilines is 2. The average Bonchev–Trinajstić information content (AvgIpc) is 2.71. The van der Waals surface area contributed by atoms with Crippen molar-refractivity contribution >= 4 is 23.1 Å². The van der Waals surface area contributed by atoms with E-state index < -0.39 is 0 Å². The molecule has 27 heavy (non-hydrogen) atoms. The number of nitrogens with zero attached hydrogens (tertiary/aromatic N) is 5. The van der Waals surface area contributed by atoms with E-state index >= 15 is 0 Å². The van der Waals surface area contributed by atoms with E-state index in [0.717, 1.165) is 49.8 Å². The third kappa shape index (κ3) is 4.23. The summed E-state index contributed by atoms with van der Waals surface area (Å²) in [7, 11) is 0. The summed E-state index contributed by atoms with van der Waals surface area (Å²) in [6.07, 6.45) is 4.06. The Morgan fingerprint density at radius 2 is 1.74 bits per heavy atom. The number of benzene rings is 1. The molecule has 3 heterocycles. The number of aliphatic hydroxyl groups is 1. The van der Waals surface area contributed by atoms with Crippen molar-refractivity contribution in [2.24, 2.45) is 0 Å². The van der Waals surface area contributed by atoms with Gasteiger partial charge in [-0.3, -0.25) is 4.90 Å². The molecule has 140 valence electrons. The zero-order valence-electron chi connectivity index (χ0n) is 15.0. The van der Waals surface area contributed by atoms with Gasteiger partial charge in [-0.1, -0.05) is 29.8 Å². The molecule has 2 aromatic rings. The van der Waals surface area contributed by atoms with Crippen LogP contribution in [0.3, 0.4) is 0 Å². The third-order valence-electron chi connectivity index (χ3n) is 4.94. The maximum atomic E-state index is 10.5. The van der Waals surface area contributed by atoms with Gasteiger partial charge in [0.15, 0.2) is 11.0 Å². The highest BCUT2D eigenvalue weighted by atomic mass is 35.5. The molecule has 4 rings (SSSR count). The lowest BCUT2D eigenvalue weighted by Gasteiger charge is -2.36. The predicted octanol–water partition coefficient (Wildman–Crippen LogP) is 3.10. The highest BCUT2D eigenvalue weighted by molar-refractivity contribution is 6.29. The zero-order chi connectivity index (χ0) is 18.6. The first-order chi connectivity index (χ1) is 13.2. The van der Waals surface area contributed by atoms with E-state index in [0.29, 0.717) is 17.5 Å². The second-order valence-corrected chi connectivity index (χ2v) is 7.12. The minimum Gasteiger partial charge on any atom is -0.510 e. The average molecular weight is 384 g/mol. The van der Waals surface area contributed by atoms with E-state index in [1.165, 1.54) is 0 Å². The van der Waals surface area contributed by atoms with Gasteiger partial charge >= 0.3 is 0 Å². The van der Waals surface area contributed by atoms with Gasteiger partial charge in [-0.05, 0) is 30.3 Å². The Bertz CT molecular complexity index is 829. The Balaban J connectivity index is 1.33. The topological polar surface area (TPSA) is 55.7 Å². The van der Waals surface area contributed by atoms with Crippen LogP contribution in [0, 0.1) is 0 Å². The summed E-state index contributed by atoms with van der Waals surface area (Å²) in [4.78, 5) is 6.62. The molecule has 1 aromatic carbocycles. The molecule has 0 atom stereocenters. The van der Waals surface area contributed by atoms with Crippen molar-refractivity contribution in [2.75, 3.05) is 49.1 Å². The summed E-state index contributed by atoms with van der Waals surface area (Å²) in [6.45, 7) is 4.85. The highest BCUT2D eigenvalue weighted by Gasteiger charge is 2.21. The van der Waals surface area contributed by atoms with Gasteiger partial charge in [0.1, 0.15) is 5.76 Å². The first-order valence-corrected chi connectivity index (χ1v) is 9.44. The van der Waals surface area contributed by atoms with Crippen molar-refractivity contribution in [3.05, 3.63) is 71.2 Å². The van der Waals surface area contributed by atoms with Crippen LogP contribution in [0.2, 0.25) is 5.15 Å². The molecule has 0 radical (unpaired) electrons. The van der Waals surface area contributed by atoms with Gasteiger partial charge in [-0.25, -0.2) is 0 Å². The minimum atomic E-state index is 0.411. The van der Waals surface area contributed by atoms with Crippen LogP contribution in [0.4, 0.5) is 11.5 Å². The van der Waals surface area contributed by atoms with Gasteiger partial charge in [-0.2, -0.15) is 0 Å². The van der Waals surface area contributed by atoms with E-state index in [-0.39, 0.29) is 0 Å². The molecule has 2 aliphatic heterocycles. The normalized spacial score (nSPS) is 18.3. The lowest BCUT2D eigenvalue weighted by Crippen LogP contribution is -2.47. The molecule has 0 amide bonds. The van der Waals surface area contributed by atoms with Crippen LogP contribution in [-0.4, -0.2) is 59.5 Å². The maximum Gasteiger partial charge on any atom is 0.151 e. The van der Waals surface area contributed by atoms with Crippen molar-refractivity contribution in [3.63, 3.8) is 0 Å². The third-order valence-corrected chi connectivity index (χ3v) is 5.14. The fourth-order valence-electron chi connectivity index (χ4n) is 3.39. The van der Waals surface area contributed by atoms with Crippen LogP contribution in [0.1, 0.15) is 0 Å². The molecule has 0 saturated carbocycles. The van der Waals surface area contributed by atoms with Crippen LogP contribution in [0.25, 0.3) is 0 Å². The van der Waals surface area contributed by atoms with Gasteiger partial charge < -0.3 is 14.9 Å². The van der Waals surface area contributed by atoms with Crippen molar-refractivity contribution < 1.29 is 5.11 Å². The second-order valence-electron chi connectivity index (χ2n) is 6.73. The van der Waals surface area contributed by atoms with Crippen molar-refractivity contribution in [1.82, 2.24) is 15.1 Å².